The van der Waals surface area contributed by atoms with Gasteiger partial charge < -0.3 is 71.6 Å². The molecule has 20 N–H and O–H groups in total. The van der Waals surface area contributed by atoms with Gasteiger partial charge in [-0.3, -0.25) is 57.6 Å². The Morgan fingerprint density at radius 1 is 0.629 bits per heavy atom. The molecule has 0 heterocycles. The first-order valence-electron chi connectivity index (χ1n) is 19.3. The van der Waals surface area contributed by atoms with E-state index >= 15 is 0 Å². The van der Waals surface area contributed by atoms with Crippen LogP contribution in [0.15, 0.2) is 45.3 Å². The zero-order valence-electron chi connectivity index (χ0n) is 34.4. The van der Waals surface area contributed by atoms with Crippen molar-refractivity contribution in [2.24, 2.45) is 55.1 Å². The standard InChI is InChI=1S/C36H59N15O10S/c1-20(52)47-26(18-21-8-3-2-4-9-21)31(59)49-23(11-6-16-45-35(40)41)29(57)48-24(12-7-17-46-36(42)43)30(58)50-25(13-14-27(53)54)32(60)51(19-28(55)56)62-33(61)22(37)10-5-15-44-34(38)39/h2-4,8-9,22-26H,5-7,10-19,37H2,1H3,(H,47,52)(H,48,57)(H,49,59)(H,50,58)(H,53,54)(H,55,56)(H4,38,39,44)(H4,40,41,45)(H4,42,43,46)/t22-,23-,24-,25-,26-/m0/s1. The van der Waals surface area contributed by atoms with Crippen molar-refractivity contribution in [3.05, 3.63) is 35.9 Å². The number of benzene rings is 1. The average Bonchev–Trinajstić information content (AvgIpc) is 3.18. The maximum absolute atomic E-state index is 14.0. The minimum absolute atomic E-state index is 0.0166. The van der Waals surface area contributed by atoms with Gasteiger partial charge in [-0.05, 0) is 50.5 Å². The number of guanidine groups is 3. The number of hydrogen-bond donors (Lipinski definition) is 13. The number of nitrogens with one attached hydrogen (secondary N) is 4. The van der Waals surface area contributed by atoms with Gasteiger partial charge in [-0.25, -0.2) is 0 Å². The van der Waals surface area contributed by atoms with Crippen molar-refractivity contribution in [1.29, 1.82) is 0 Å². The van der Waals surface area contributed by atoms with Gasteiger partial charge in [-0.1, -0.05) is 30.3 Å². The van der Waals surface area contributed by atoms with Crippen LogP contribution in [0.5, 0.6) is 0 Å². The Morgan fingerprint density at radius 3 is 1.52 bits per heavy atom. The number of rotatable bonds is 28. The van der Waals surface area contributed by atoms with Crippen LogP contribution < -0.4 is 61.4 Å². The first-order valence-corrected chi connectivity index (χ1v) is 20.1. The zero-order valence-corrected chi connectivity index (χ0v) is 35.2. The van der Waals surface area contributed by atoms with Crippen molar-refractivity contribution >= 4 is 76.4 Å². The summed E-state index contributed by atoms with van der Waals surface area (Å²) < 4.78 is 0.531. The summed E-state index contributed by atoms with van der Waals surface area (Å²) in [7, 11) is 0. The number of aliphatic imine (C=N–C) groups is 3. The fourth-order valence-corrected chi connectivity index (χ4v) is 6.32. The molecule has 1 rings (SSSR count). The van der Waals surface area contributed by atoms with Crippen molar-refractivity contribution in [3.8, 4) is 0 Å². The number of carboxylic acids is 2. The fraction of sp³-hybridized carbons (Fsp3) is 0.528. The average molecular weight is 894 g/mol. The minimum Gasteiger partial charge on any atom is -0.481 e. The van der Waals surface area contributed by atoms with Crippen LogP contribution in [-0.4, -0.2) is 135 Å². The Hall–Kier alpha value is -6.70. The van der Waals surface area contributed by atoms with Gasteiger partial charge in [0.05, 0.1) is 6.04 Å². The Bertz CT molecular complexity index is 1770. The number of carbonyl (C=O) groups is 8. The SMILES string of the molecule is CC(=O)N[C@@H](Cc1ccccc1)C(=O)N[C@@H](CCCN=C(N)N)C(=O)N[C@@H](CCCN=C(N)N)C(=O)N[C@@H](CCC(=O)O)C(=O)N(CC(=O)O)SC(=O)[C@@H](N)CCCN=C(N)N. The van der Waals surface area contributed by atoms with Gasteiger partial charge >= 0.3 is 11.9 Å². The quantitative estimate of drug-likeness (QED) is 0.0164. The first kappa shape index (κ1) is 53.3. The molecule has 1 aromatic rings. The third-order valence-corrected chi connectivity index (χ3v) is 9.40. The van der Waals surface area contributed by atoms with Crippen molar-refractivity contribution in [1.82, 2.24) is 25.6 Å². The fourth-order valence-electron chi connectivity index (χ4n) is 5.46. The molecule has 5 amide bonds. The highest BCUT2D eigenvalue weighted by Gasteiger charge is 2.34. The summed E-state index contributed by atoms with van der Waals surface area (Å²) in [5.41, 5.74) is 39.0. The molecule has 5 atom stereocenters. The highest BCUT2D eigenvalue weighted by atomic mass is 32.2. The molecular formula is C36H59N15O10S. The summed E-state index contributed by atoms with van der Waals surface area (Å²) in [6.45, 7) is 0.329. The maximum Gasteiger partial charge on any atom is 0.324 e. The summed E-state index contributed by atoms with van der Waals surface area (Å²) >= 11 is 0.164. The van der Waals surface area contributed by atoms with E-state index in [1.165, 1.54) is 6.92 Å². The highest BCUT2D eigenvalue weighted by Crippen LogP contribution is 2.18. The van der Waals surface area contributed by atoms with Gasteiger partial charge in [0.2, 0.25) is 28.7 Å². The summed E-state index contributed by atoms with van der Waals surface area (Å²) in [5, 5.41) is 28.4. The number of aliphatic carboxylic acids is 2. The normalized spacial score (nSPS) is 13.0. The molecule has 0 aliphatic carbocycles. The molecule has 0 radical (unpaired) electrons. The van der Waals surface area contributed by atoms with E-state index < -0.39 is 96.2 Å². The molecule has 0 fully saturated rings. The smallest absolute Gasteiger partial charge is 0.324 e. The molecule has 62 heavy (non-hydrogen) atoms. The molecular weight excluding hydrogens is 835 g/mol. The molecule has 0 aliphatic rings. The second-order valence-electron chi connectivity index (χ2n) is 13.7. The largest absolute Gasteiger partial charge is 0.481 e. The van der Waals surface area contributed by atoms with Crippen LogP contribution >= 0.6 is 11.9 Å². The van der Waals surface area contributed by atoms with Crippen LogP contribution in [0, 0.1) is 0 Å². The van der Waals surface area contributed by atoms with Gasteiger partial charge in [0.25, 0.3) is 5.91 Å². The Balaban J connectivity index is 3.51. The Labute approximate surface area is 362 Å². The molecule has 0 spiro atoms. The molecule has 0 saturated carbocycles. The van der Waals surface area contributed by atoms with E-state index in [4.69, 9.17) is 40.1 Å². The summed E-state index contributed by atoms with van der Waals surface area (Å²) in [6, 6.07) is 1.84. The lowest BCUT2D eigenvalue weighted by Gasteiger charge is -2.28. The summed E-state index contributed by atoms with van der Waals surface area (Å²) in [4.78, 5) is 116. The summed E-state index contributed by atoms with van der Waals surface area (Å²) in [5.74, 6) is -7.93. The molecule has 0 saturated heterocycles. The second-order valence-corrected chi connectivity index (χ2v) is 14.7. The number of carbonyl (C=O) groups excluding carboxylic acids is 6. The number of amides is 5. The number of nitrogens with two attached hydrogens (primary N) is 7. The third-order valence-electron chi connectivity index (χ3n) is 8.39. The number of nitrogens with zero attached hydrogens (tertiary/aromatic N) is 4. The van der Waals surface area contributed by atoms with Gasteiger partial charge in [0, 0.05) is 51.3 Å². The van der Waals surface area contributed by atoms with Crippen molar-refractivity contribution in [2.45, 2.75) is 94.9 Å². The van der Waals surface area contributed by atoms with Crippen molar-refractivity contribution in [3.63, 3.8) is 0 Å². The number of carboxylic acid groups (broad SMARTS) is 2. The van der Waals surface area contributed by atoms with Gasteiger partial charge in [0.15, 0.2) is 17.9 Å². The molecule has 344 valence electrons. The van der Waals surface area contributed by atoms with E-state index in [0.29, 0.717) is 9.87 Å². The van der Waals surface area contributed by atoms with Crippen molar-refractivity contribution in [2.75, 3.05) is 26.2 Å². The van der Waals surface area contributed by atoms with Gasteiger partial charge in [-0.2, -0.15) is 0 Å². The van der Waals surface area contributed by atoms with E-state index in [1.807, 2.05) is 0 Å². The van der Waals surface area contributed by atoms with Gasteiger partial charge in [0.1, 0.15) is 30.7 Å². The maximum atomic E-state index is 14.0. The van der Waals surface area contributed by atoms with Crippen LogP contribution in [-0.2, 0) is 44.8 Å². The van der Waals surface area contributed by atoms with Crippen LogP contribution in [0.3, 0.4) is 0 Å². The Morgan fingerprint density at radius 2 is 1.08 bits per heavy atom. The highest BCUT2D eigenvalue weighted by molar-refractivity contribution is 8.12. The lowest BCUT2D eigenvalue weighted by atomic mass is 10.0. The molecule has 26 heteroatoms. The molecule has 1 aromatic carbocycles. The van der Waals surface area contributed by atoms with E-state index in [9.17, 15) is 48.6 Å². The van der Waals surface area contributed by atoms with E-state index in [0.717, 1.165) is 0 Å². The molecule has 0 unspecified atom stereocenters. The van der Waals surface area contributed by atoms with E-state index in [1.54, 1.807) is 30.3 Å². The molecule has 0 aliphatic heterocycles. The minimum atomic E-state index is -1.74. The van der Waals surface area contributed by atoms with Crippen molar-refractivity contribution < 1.29 is 48.6 Å². The lowest BCUT2D eigenvalue weighted by molar-refractivity contribution is -0.143. The Kier molecular flexibility index (Phi) is 24.7. The van der Waals surface area contributed by atoms with Crippen LogP contribution in [0.2, 0.25) is 0 Å². The first-order chi connectivity index (χ1) is 29.2. The lowest BCUT2D eigenvalue weighted by Crippen LogP contribution is -2.58. The monoisotopic (exact) mass is 893 g/mol. The van der Waals surface area contributed by atoms with Crippen LogP contribution in [0.25, 0.3) is 0 Å². The van der Waals surface area contributed by atoms with Crippen LogP contribution in [0.4, 0.5) is 0 Å². The third kappa shape index (κ3) is 23.2. The summed E-state index contributed by atoms with van der Waals surface area (Å²) in [6.07, 6.45) is -0.905. The van der Waals surface area contributed by atoms with Gasteiger partial charge in [-0.15, -0.1) is 0 Å². The zero-order chi connectivity index (χ0) is 46.8. The predicted molar refractivity (Wildman–Crippen MR) is 230 cm³/mol. The topological polar surface area (TPSA) is 448 Å². The number of hydrogen-bond acceptors (Lipinski definition) is 13. The second kappa shape index (κ2) is 28.7. The molecule has 25 nitrogen and oxygen atoms in total. The van der Waals surface area contributed by atoms with E-state index in [-0.39, 0.29) is 94.4 Å². The van der Waals surface area contributed by atoms with E-state index in [2.05, 4.69) is 36.2 Å². The molecule has 0 aromatic heterocycles. The molecule has 0 bridgehead atoms. The predicted octanol–water partition coefficient (Wildman–Crippen LogP) is -4.37. The van der Waals surface area contributed by atoms with Crippen LogP contribution in [0.1, 0.15) is 63.9 Å².